The van der Waals surface area contributed by atoms with Crippen molar-refractivity contribution >= 4 is 17.7 Å². The Morgan fingerprint density at radius 1 is 1.11 bits per heavy atom. The van der Waals surface area contributed by atoms with Gasteiger partial charge in [0.15, 0.2) is 0 Å². The van der Waals surface area contributed by atoms with Crippen LogP contribution in [0.3, 0.4) is 0 Å². The molecule has 4 N–H and O–H groups in total. The molecule has 2 aromatic carbocycles. The minimum absolute atomic E-state index is 0.00644. The van der Waals surface area contributed by atoms with Crippen LogP contribution in [-0.2, 0) is 9.53 Å². The molecule has 1 atom stereocenters. The quantitative estimate of drug-likeness (QED) is 0.383. The molecular weight excluding hydrogens is 470 g/mol. The van der Waals surface area contributed by atoms with Crippen molar-refractivity contribution in [1.82, 2.24) is 10.2 Å². The average Bonchev–Trinajstić information content (AvgIpc) is 3.53. The van der Waals surface area contributed by atoms with Crippen molar-refractivity contribution in [1.29, 1.82) is 0 Å². The molecule has 2 aliphatic heterocycles. The van der Waals surface area contributed by atoms with E-state index in [0.29, 0.717) is 25.4 Å². The van der Waals surface area contributed by atoms with E-state index in [1.54, 1.807) is 6.92 Å². The standard InChI is InChI=1S/C16H23N3O3.C7H8.C4H8O.C2H6O/c1-11(2)10-19(9-5-8-17-16(21)22)14-12-6-3-4-7-13(12)18-15(14)20;1-7-5-3-2-4-6-7;1-2-4-5-3-1;1-2-3/h3-4,6-7,11,14,17H,5,8-10H2,1-2H3,(H,18,20)(H,21,22);2-6H,1H3;1-4H2;3H,2H2,1H3. The second kappa shape index (κ2) is 19.2. The van der Waals surface area contributed by atoms with Crippen LogP contribution in [0.2, 0.25) is 0 Å². The average molecular weight is 516 g/mol. The number of hydrogen-bond acceptors (Lipinski definition) is 5. The summed E-state index contributed by atoms with van der Waals surface area (Å²) in [6.07, 6.45) is 2.21. The maximum atomic E-state index is 12.3. The van der Waals surface area contributed by atoms with Gasteiger partial charge in [0, 0.05) is 50.7 Å². The molecular formula is C29H45N3O5. The van der Waals surface area contributed by atoms with Crippen LogP contribution in [0.15, 0.2) is 54.6 Å². The fourth-order valence-electron chi connectivity index (χ4n) is 3.87. The zero-order valence-corrected chi connectivity index (χ0v) is 22.8. The molecule has 37 heavy (non-hydrogen) atoms. The topological polar surface area (TPSA) is 111 Å². The lowest BCUT2D eigenvalue weighted by Crippen LogP contribution is -2.38. The number of para-hydroxylation sites is 1. The Morgan fingerprint density at radius 2 is 1.70 bits per heavy atom. The lowest BCUT2D eigenvalue weighted by Gasteiger charge is -2.29. The Morgan fingerprint density at radius 3 is 2.19 bits per heavy atom. The minimum atomic E-state index is -1.01. The number of ether oxygens (including phenoxy) is 1. The lowest BCUT2D eigenvalue weighted by atomic mass is 10.0. The zero-order valence-electron chi connectivity index (χ0n) is 22.8. The van der Waals surface area contributed by atoms with Crippen LogP contribution in [0.5, 0.6) is 0 Å². The Bertz CT molecular complexity index is 881. The number of nitrogens with one attached hydrogen (secondary N) is 2. The number of aliphatic hydroxyl groups is 1. The first-order valence-electron chi connectivity index (χ1n) is 13.1. The molecule has 1 fully saturated rings. The van der Waals surface area contributed by atoms with Crippen molar-refractivity contribution in [3.8, 4) is 0 Å². The first-order valence-corrected chi connectivity index (χ1v) is 13.1. The van der Waals surface area contributed by atoms with Gasteiger partial charge in [-0.05, 0) is 45.1 Å². The molecule has 206 valence electrons. The van der Waals surface area contributed by atoms with Crippen molar-refractivity contribution in [3.05, 3.63) is 65.7 Å². The third kappa shape index (κ3) is 13.8. The predicted molar refractivity (Wildman–Crippen MR) is 149 cm³/mol. The number of nitrogens with zero attached hydrogens (tertiary/aromatic N) is 1. The van der Waals surface area contributed by atoms with Crippen molar-refractivity contribution in [2.75, 3.05) is 44.8 Å². The zero-order chi connectivity index (χ0) is 27.5. The van der Waals surface area contributed by atoms with Gasteiger partial charge >= 0.3 is 6.09 Å². The Hall–Kier alpha value is -2.94. The second-order valence-electron chi connectivity index (χ2n) is 9.24. The number of aliphatic hydroxyl groups excluding tert-OH is 1. The van der Waals surface area contributed by atoms with Crippen LogP contribution in [0.4, 0.5) is 10.5 Å². The fraction of sp³-hybridized carbons (Fsp3) is 0.517. The van der Waals surface area contributed by atoms with E-state index in [-0.39, 0.29) is 18.6 Å². The van der Waals surface area contributed by atoms with E-state index in [0.717, 1.165) is 31.0 Å². The van der Waals surface area contributed by atoms with Crippen LogP contribution in [0.1, 0.15) is 57.2 Å². The molecule has 2 amide bonds. The number of aryl methyl sites for hydroxylation is 1. The number of carbonyl (C=O) groups is 2. The number of anilines is 1. The van der Waals surface area contributed by atoms with E-state index >= 15 is 0 Å². The third-order valence-corrected chi connectivity index (χ3v) is 5.39. The summed E-state index contributed by atoms with van der Waals surface area (Å²) in [5.41, 5.74) is 3.19. The van der Waals surface area contributed by atoms with Gasteiger partial charge in [-0.15, -0.1) is 0 Å². The van der Waals surface area contributed by atoms with E-state index in [1.165, 1.54) is 18.4 Å². The molecule has 1 unspecified atom stereocenters. The van der Waals surface area contributed by atoms with Crippen LogP contribution >= 0.6 is 0 Å². The highest BCUT2D eigenvalue weighted by atomic mass is 16.5. The molecule has 0 saturated carbocycles. The maximum Gasteiger partial charge on any atom is 0.404 e. The number of carboxylic acid groups (broad SMARTS) is 1. The van der Waals surface area contributed by atoms with Crippen molar-refractivity contribution in [2.45, 2.75) is 53.0 Å². The molecule has 0 bridgehead atoms. The smallest absolute Gasteiger partial charge is 0.404 e. The Kier molecular flexibility index (Phi) is 16.7. The summed E-state index contributed by atoms with van der Waals surface area (Å²) in [6.45, 7) is 12.1. The van der Waals surface area contributed by atoms with Crippen molar-refractivity contribution < 1.29 is 24.5 Å². The molecule has 8 nitrogen and oxygen atoms in total. The van der Waals surface area contributed by atoms with Gasteiger partial charge in [0.05, 0.1) is 0 Å². The first-order chi connectivity index (χ1) is 17.8. The van der Waals surface area contributed by atoms with Crippen LogP contribution in [-0.4, -0.2) is 66.6 Å². The fourth-order valence-corrected chi connectivity index (χ4v) is 3.87. The number of amides is 2. The Labute approximate surface area is 222 Å². The lowest BCUT2D eigenvalue weighted by molar-refractivity contribution is -0.121. The van der Waals surface area contributed by atoms with E-state index in [2.05, 4.69) is 48.4 Å². The maximum absolute atomic E-state index is 12.3. The molecule has 2 aliphatic rings. The Balaban J connectivity index is 0.000000367. The molecule has 2 heterocycles. The van der Waals surface area contributed by atoms with Gasteiger partial charge in [-0.1, -0.05) is 67.9 Å². The minimum Gasteiger partial charge on any atom is -0.465 e. The second-order valence-corrected chi connectivity index (χ2v) is 9.24. The molecule has 0 aliphatic carbocycles. The van der Waals surface area contributed by atoms with Gasteiger partial charge in [-0.2, -0.15) is 0 Å². The predicted octanol–water partition coefficient (Wildman–Crippen LogP) is 5.09. The molecule has 2 aromatic rings. The van der Waals surface area contributed by atoms with Crippen molar-refractivity contribution in [2.24, 2.45) is 5.92 Å². The summed E-state index contributed by atoms with van der Waals surface area (Å²) in [7, 11) is 0. The van der Waals surface area contributed by atoms with Gasteiger partial charge in [-0.25, -0.2) is 4.79 Å². The van der Waals surface area contributed by atoms with Gasteiger partial charge in [0.1, 0.15) is 6.04 Å². The van der Waals surface area contributed by atoms with Crippen LogP contribution < -0.4 is 10.6 Å². The van der Waals surface area contributed by atoms with Crippen LogP contribution in [0.25, 0.3) is 0 Å². The largest absolute Gasteiger partial charge is 0.465 e. The van der Waals surface area contributed by atoms with E-state index in [4.69, 9.17) is 14.9 Å². The SMILES string of the molecule is C1CCOC1.CC(C)CN(CCCNC(=O)O)C1C(=O)Nc2ccccc21.CCO.Cc1ccccc1. The number of hydrogen-bond donors (Lipinski definition) is 4. The monoisotopic (exact) mass is 515 g/mol. The molecule has 0 radical (unpaired) electrons. The summed E-state index contributed by atoms with van der Waals surface area (Å²) in [4.78, 5) is 25.0. The summed E-state index contributed by atoms with van der Waals surface area (Å²) >= 11 is 0. The van der Waals surface area contributed by atoms with E-state index < -0.39 is 6.09 Å². The summed E-state index contributed by atoms with van der Waals surface area (Å²) in [5, 5.41) is 21.5. The molecule has 4 rings (SSSR count). The highest BCUT2D eigenvalue weighted by molar-refractivity contribution is 6.02. The van der Waals surface area contributed by atoms with Gasteiger partial charge in [0.2, 0.25) is 5.91 Å². The highest BCUT2D eigenvalue weighted by Gasteiger charge is 2.34. The van der Waals surface area contributed by atoms with Gasteiger partial charge in [-0.3, -0.25) is 9.69 Å². The normalized spacial score (nSPS) is 15.3. The summed E-state index contributed by atoms with van der Waals surface area (Å²) in [5.74, 6) is 0.418. The van der Waals surface area contributed by atoms with Crippen molar-refractivity contribution in [3.63, 3.8) is 0 Å². The number of carbonyl (C=O) groups excluding carboxylic acids is 1. The summed E-state index contributed by atoms with van der Waals surface area (Å²) in [6, 6.07) is 17.7. The third-order valence-electron chi connectivity index (χ3n) is 5.39. The molecule has 1 saturated heterocycles. The van der Waals surface area contributed by atoms with Gasteiger partial charge in [0.25, 0.3) is 0 Å². The molecule has 0 spiro atoms. The van der Waals surface area contributed by atoms with Crippen LogP contribution in [0, 0.1) is 12.8 Å². The molecule has 0 aromatic heterocycles. The first kappa shape index (κ1) is 32.1. The summed E-state index contributed by atoms with van der Waals surface area (Å²) < 4.78 is 4.94. The molecule has 8 heteroatoms. The van der Waals surface area contributed by atoms with Gasteiger partial charge < -0.3 is 25.6 Å². The van der Waals surface area contributed by atoms with E-state index in [1.807, 2.05) is 42.5 Å². The number of fused-ring (bicyclic) bond motifs is 1. The van der Waals surface area contributed by atoms with E-state index in [9.17, 15) is 9.59 Å². The highest BCUT2D eigenvalue weighted by Crippen LogP contribution is 2.35. The number of benzene rings is 2. The number of rotatable bonds is 7.